The predicted molar refractivity (Wildman–Crippen MR) is 108 cm³/mol. The minimum atomic E-state index is -0.382. The largest absolute Gasteiger partial charge is 0.459 e. The van der Waals surface area contributed by atoms with Crippen molar-refractivity contribution in [2.24, 2.45) is 0 Å². The number of nitrogens with zero attached hydrogens (tertiary/aromatic N) is 3. The van der Waals surface area contributed by atoms with Crippen LogP contribution in [0.1, 0.15) is 17.4 Å². The Morgan fingerprint density at radius 3 is 2.75 bits per heavy atom. The number of para-hydroxylation sites is 1. The standard InChI is InChI=1S/C20H20N4O3.ClH/c25-24(26)18-4-2-1-3-17(18)20-6-5-16(27-20)14-23-12-11-22-13-19(23)15-7-9-21-10-8-15;/h1-10,19,22H,11-14H2;1H. The normalized spacial score (nSPS) is 17.1. The first-order valence-electron chi connectivity index (χ1n) is 8.89. The summed E-state index contributed by atoms with van der Waals surface area (Å²) < 4.78 is 5.97. The molecule has 1 atom stereocenters. The number of piperazine rings is 1. The molecule has 28 heavy (non-hydrogen) atoms. The molecule has 1 unspecified atom stereocenters. The van der Waals surface area contributed by atoms with E-state index >= 15 is 0 Å². The van der Waals surface area contributed by atoms with Crippen LogP contribution in [0.3, 0.4) is 0 Å². The number of nitrogens with one attached hydrogen (secondary N) is 1. The molecule has 1 saturated heterocycles. The number of nitro groups is 1. The van der Waals surface area contributed by atoms with Crippen LogP contribution < -0.4 is 5.32 Å². The Labute approximate surface area is 168 Å². The lowest BCUT2D eigenvalue weighted by atomic mass is 10.0. The van der Waals surface area contributed by atoms with Crippen LogP contribution >= 0.6 is 12.4 Å². The van der Waals surface area contributed by atoms with Crippen LogP contribution in [0.5, 0.6) is 0 Å². The topological polar surface area (TPSA) is 84.4 Å². The molecule has 3 aromatic rings. The molecule has 0 spiro atoms. The third-order valence-electron chi connectivity index (χ3n) is 4.83. The van der Waals surface area contributed by atoms with Gasteiger partial charge in [0, 0.05) is 44.1 Å². The lowest BCUT2D eigenvalue weighted by Gasteiger charge is -2.35. The Kier molecular flexibility index (Phi) is 6.41. The maximum Gasteiger partial charge on any atom is 0.280 e. The zero-order chi connectivity index (χ0) is 18.6. The van der Waals surface area contributed by atoms with E-state index in [2.05, 4.69) is 15.2 Å². The second-order valence-electron chi connectivity index (χ2n) is 6.51. The average Bonchev–Trinajstić information content (AvgIpc) is 3.17. The Morgan fingerprint density at radius 1 is 1.18 bits per heavy atom. The summed E-state index contributed by atoms with van der Waals surface area (Å²) in [5, 5.41) is 14.7. The summed E-state index contributed by atoms with van der Waals surface area (Å²) in [5.41, 5.74) is 1.76. The fourth-order valence-electron chi connectivity index (χ4n) is 3.50. The highest BCUT2D eigenvalue weighted by Crippen LogP contribution is 2.32. The molecule has 1 N–H and O–H groups in total. The molecule has 0 saturated carbocycles. The maximum absolute atomic E-state index is 11.3. The molecule has 4 rings (SSSR count). The van der Waals surface area contributed by atoms with E-state index in [-0.39, 0.29) is 29.1 Å². The van der Waals surface area contributed by atoms with E-state index in [4.69, 9.17) is 4.42 Å². The lowest BCUT2D eigenvalue weighted by Crippen LogP contribution is -2.45. The highest BCUT2D eigenvalue weighted by atomic mass is 35.5. The highest BCUT2D eigenvalue weighted by molar-refractivity contribution is 5.85. The summed E-state index contributed by atoms with van der Waals surface area (Å²) in [5.74, 6) is 1.32. The molecule has 146 valence electrons. The first kappa shape index (κ1) is 20.0. The van der Waals surface area contributed by atoms with Gasteiger partial charge in [-0.2, -0.15) is 0 Å². The predicted octanol–water partition coefficient (Wildman–Crippen LogP) is 3.82. The van der Waals surface area contributed by atoms with Crippen molar-refractivity contribution in [1.82, 2.24) is 15.2 Å². The molecule has 7 nitrogen and oxygen atoms in total. The average molecular weight is 401 g/mol. The maximum atomic E-state index is 11.3. The Morgan fingerprint density at radius 2 is 1.96 bits per heavy atom. The molecular weight excluding hydrogens is 380 g/mol. The molecule has 8 heteroatoms. The van der Waals surface area contributed by atoms with E-state index in [0.29, 0.717) is 17.9 Å². The van der Waals surface area contributed by atoms with Gasteiger partial charge in [0.05, 0.1) is 17.0 Å². The van der Waals surface area contributed by atoms with Gasteiger partial charge in [-0.25, -0.2) is 0 Å². The fourth-order valence-corrected chi connectivity index (χ4v) is 3.50. The number of furan rings is 1. The number of nitro benzene ring substituents is 1. The molecule has 2 aromatic heterocycles. The molecular formula is C20H21ClN4O3. The molecule has 0 aliphatic carbocycles. The summed E-state index contributed by atoms with van der Waals surface area (Å²) in [6.45, 7) is 3.32. The first-order valence-corrected chi connectivity index (χ1v) is 8.89. The van der Waals surface area contributed by atoms with Gasteiger partial charge in [0.25, 0.3) is 5.69 Å². The number of hydrogen-bond acceptors (Lipinski definition) is 6. The van der Waals surface area contributed by atoms with E-state index < -0.39 is 0 Å². The molecule has 1 aromatic carbocycles. The summed E-state index contributed by atoms with van der Waals surface area (Å²) >= 11 is 0. The number of pyridine rings is 1. The summed E-state index contributed by atoms with van der Waals surface area (Å²) in [6, 6.07) is 14.7. The minimum Gasteiger partial charge on any atom is -0.459 e. The molecule has 1 aliphatic heterocycles. The number of halogens is 1. The third-order valence-corrected chi connectivity index (χ3v) is 4.83. The van der Waals surface area contributed by atoms with Crippen LogP contribution in [-0.4, -0.2) is 34.4 Å². The van der Waals surface area contributed by atoms with Crippen molar-refractivity contribution in [1.29, 1.82) is 0 Å². The third kappa shape index (κ3) is 4.22. The van der Waals surface area contributed by atoms with Gasteiger partial charge in [0.15, 0.2) is 0 Å². The molecule has 3 heterocycles. The van der Waals surface area contributed by atoms with Crippen LogP contribution in [0.25, 0.3) is 11.3 Å². The van der Waals surface area contributed by atoms with Crippen molar-refractivity contribution in [3.8, 4) is 11.3 Å². The van der Waals surface area contributed by atoms with Crippen LogP contribution in [0.4, 0.5) is 5.69 Å². The van der Waals surface area contributed by atoms with Gasteiger partial charge in [-0.15, -0.1) is 12.4 Å². The Balaban J connectivity index is 0.00000225. The van der Waals surface area contributed by atoms with Gasteiger partial charge < -0.3 is 9.73 Å². The van der Waals surface area contributed by atoms with Crippen molar-refractivity contribution >= 4 is 18.1 Å². The van der Waals surface area contributed by atoms with Crippen molar-refractivity contribution in [3.05, 3.63) is 82.4 Å². The second kappa shape index (κ2) is 8.97. The minimum absolute atomic E-state index is 0. The van der Waals surface area contributed by atoms with Gasteiger partial charge in [0.1, 0.15) is 11.5 Å². The zero-order valence-electron chi connectivity index (χ0n) is 15.2. The second-order valence-corrected chi connectivity index (χ2v) is 6.51. The van der Waals surface area contributed by atoms with Gasteiger partial charge in [-0.3, -0.25) is 20.0 Å². The van der Waals surface area contributed by atoms with Crippen molar-refractivity contribution < 1.29 is 9.34 Å². The smallest absolute Gasteiger partial charge is 0.280 e. The molecule has 0 radical (unpaired) electrons. The van der Waals surface area contributed by atoms with Gasteiger partial charge in [0.2, 0.25) is 0 Å². The van der Waals surface area contributed by atoms with Crippen molar-refractivity contribution in [3.63, 3.8) is 0 Å². The van der Waals surface area contributed by atoms with Gasteiger partial charge >= 0.3 is 0 Å². The quantitative estimate of drug-likeness (QED) is 0.517. The van der Waals surface area contributed by atoms with Gasteiger partial charge in [-0.05, 0) is 35.9 Å². The van der Waals surface area contributed by atoms with Crippen LogP contribution in [0, 0.1) is 10.1 Å². The highest BCUT2D eigenvalue weighted by Gasteiger charge is 2.25. The van der Waals surface area contributed by atoms with Crippen molar-refractivity contribution in [2.75, 3.05) is 19.6 Å². The number of rotatable bonds is 5. The molecule has 0 bridgehead atoms. The Hall–Kier alpha value is -2.74. The van der Waals surface area contributed by atoms with E-state index in [0.717, 1.165) is 25.4 Å². The Bertz CT molecular complexity index is 932. The fraction of sp³-hybridized carbons (Fsp3) is 0.250. The van der Waals surface area contributed by atoms with E-state index in [1.807, 2.05) is 30.6 Å². The molecule has 1 fully saturated rings. The zero-order valence-corrected chi connectivity index (χ0v) is 16.0. The summed E-state index contributed by atoms with van der Waals surface area (Å²) in [7, 11) is 0. The number of hydrogen-bond donors (Lipinski definition) is 1. The van der Waals surface area contributed by atoms with E-state index in [1.165, 1.54) is 11.6 Å². The molecule has 1 aliphatic rings. The van der Waals surface area contributed by atoms with Crippen LogP contribution in [0.15, 0.2) is 65.3 Å². The van der Waals surface area contributed by atoms with Crippen LogP contribution in [-0.2, 0) is 6.54 Å². The molecule has 0 amide bonds. The lowest BCUT2D eigenvalue weighted by molar-refractivity contribution is -0.384. The summed E-state index contributed by atoms with van der Waals surface area (Å²) in [4.78, 5) is 17.3. The number of benzene rings is 1. The number of aromatic nitrogens is 1. The van der Waals surface area contributed by atoms with E-state index in [1.54, 1.807) is 24.3 Å². The first-order chi connectivity index (χ1) is 13.2. The van der Waals surface area contributed by atoms with Gasteiger partial charge in [-0.1, -0.05) is 12.1 Å². The monoisotopic (exact) mass is 400 g/mol. The van der Waals surface area contributed by atoms with Crippen molar-refractivity contribution in [2.45, 2.75) is 12.6 Å². The SMILES string of the molecule is Cl.O=[N+]([O-])c1ccccc1-c1ccc(CN2CCNCC2c2ccncc2)o1. The van der Waals surface area contributed by atoms with Crippen LogP contribution in [0.2, 0.25) is 0 Å². The summed E-state index contributed by atoms with van der Waals surface area (Å²) in [6.07, 6.45) is 3.61. The van der Waals surface area contributed by atoms with E-state index in [9.17, 15) is 10.1 Å².